The third-order valence-electron chi connectivity index (χ3n) is 12.4. The number of rotatable bonds is 14. The van der Waals surface area contributed by atoms with Crippen LogP contribution in [0.1, 0.15) is 66.2 Å². The summed E-state index contributed by atoms with van der Waals surface area (Å²) in [6, 6.07) is 21.9. The maximum absolute atomic E-state index is 13.6. The van der Waals surface area contributed by atoms with E-state index in [0.29, 0.717) is 70.9 Å². The Hall–Kier alpha value is -6.10. The number of halogens is 7. The largest absolute Gasteiger partial charge is 0.360 e. The minimum absolute atomic E-state index is 0. The molecule has 7 aromatic rings. The van der Waals surface area contributed by atoms with Gasteiger partial charge in [0.2, 0.25) is 11.9 Å². The maximum atomic E-state index is 13.6. The van der Waals surface area contributed by atoms with Gasteiger partial charge in [-0.1, -0.05) is 92.7 Å². The van der Waals surface area contributed by atoms with Crippen molar-refractivity contribution in [2.24, 2.45) is 11.5 Å². The van der Waals surface area contributed by atoms with E-state index in [1.165, 1.54) is 34.7 Å². The first-order valence-electron chi connectivity index (χ1n) is 22.8. The Balaban J connectivity index is 0.000000271. The Bertz CT molecular complexity index is 3150. The van der Waals surface area contributed by atoms with Crippen molar-refractivity contribution in [2.45, 2.75) is 107 Å². The molecule has 398 valence electrons. The van der Waals surface area contributed by atoms with Crippen LogP contribution in [0, 0.1) is 0 Å². The first-order chi connectivity index (χ1) is 34.0. The molecule has 0 bridgehead atoms. The number of nitrogens with one attached hydrogen (secondary N) is 5. The Kier molecular flexibility index (Phi) is 19.8. The molecular formula is C50H59Cl3F4N12O4S. The molecule has 0 unspecified atom stereocenters. The number of carbonyl (C=O) groups is 2. The lowest BCUT2D eigenvalue weighted by atomic mass is 9.91. The van der Waals surface area contributed by atoms with Gasteiger partial charge in [-0.25, -0.2) is 32.3 Å². The fraction of sp³-hybridized carbons (Fsp3) is 0.360. The molecule has 2 aliphatic carbocycles. The number of H-pyrrole nitrogens is 1. The van der Waals surface area contributed by atoms with Crippen LogP contribution in [0.15, 0.2) is 109 Å². The van der Waals surface area contributed by atoms with Crippen molar-refractivity contribution in [1.82, 2.24) is 39.5 Å². The van der Waals surface area contributed by atoms with Gasteiger partial charge in [0.15, 0.2) is 0 Å². The summed E-state index contributed by atoms with van der Waals surface area (Å²) in [4.78, 5) is 44.7. The van der Waals surface area contributed by atoms with Gasteiger partial charge in [-0.2, -0.15) is 17.6 Å². The van der Waals surface area contributed by atoms with Crippen LogP contribution in [0.3, 0.4) is 0 Å². The molecular weight excluding hydrogens is 1050 g/mol. The summed E-state index contributed by atoms with van der Waals surface area (Å²) >= 11 is 12.9. The van der Waals surface area contributed by atoms with Crippen LogP contribution >= 0.6 is 35.6 Å². The molecule has 74 heavy (non-hydrogen) atoms. The number of aromatic nitrogens is 6. The van der Waals surface area contributed by atoms with E-state index < -0.39 is 52.8 Å². The molecule has 2 aliphatic rings. The lowest BCUT2D eigenvalue weighted by Gasteiger charge is -2.31. The lowest BCUT2D eigenvalue weighted by Crippen LogP contribution is -2.51. The van der Waals surface area contributed by atoms with Gasteiger partial charge in [-0.3, -0.25) is 9.59 Å². The molecule has 3 aromatic carbocycles. The SMILES string of the molecule is C.C.Cl.NCC(F)(F)C(=O)N[C@H]1CCC[C@@H](Nc2ncc(Cl)c(-c3c[nH]c4ccccc34)n2)C1.NCC(F)(F)C(=O)N[C@H]1CCC[C@@H](Nc2ncc(Cl)c(-c3cn(S(=O)(=O)c4ccccc4)c4ccccc34)n2)C1. The van der Waals surface area contributed by atoms with Crippen molar-refractivity contribution in [3.8, 4) is 22.5 Å². The van der Waals surface area contributed by atoms with Crippen molar-refractivity contribution in [1.29, 1.82) is 0 Å². The highest BCUT2D eigenvalue weighted by atomic mass is 35.5. The van der Waals surface area contributed by atoms with E-state index in [1.807, 2.05) is 30.5 Å². The first kappa shape index (κ1) is 58.8. The number of nitrogens with two attached hydrogens (primary N) is 2. The molecule has 2 amide bonds. The fourth-order valence-electron chi connectivity index (χ4n) is 8.80. The van der Waals surface area contributed by atoms with Crippen LogP contribution in [-0.4, -0.2) is 98.2 Å². The molecule has 0 saturated heterocycles. The van der Waals surface area contributed by atoms with Crippen molar-refractivity contribution in [3.05, 3.63) is 114 Å². The number of nitrogens with zero attached hydrogens (tertiary/aromatic N) is 5. The highest BCUT2D eigenvalue weighted by Crippen LogP contribution is 2.37. The van der Waals surface area contributed by atoms with Crippen molar-refractivity contribution < 1.29 is 35.6 Å². The van der Waals surface area contributed by atoms with Crippen LogP contribution in [0.4, 0.5) is 29.5 Å². The molecule has 9 rings (SSSR count). The predicted octanol–water partition coefficient (Wildman–Crippen LogP) is 9.83. The summed E-state index contributed by atoms with van der Waals surface area (Å²) in [6.45, 7) is -2.07. The number of alkyl halides is 4. The molecule has 4 atom stereocenters. The Morgan fingerprint density at radius 1 is 0.676 bits per heavy atom. The van der Waals surface area contributed by atoms with Crippen LogP contribution in [-0.2, 0) is 19.6 Å². The molecule has 0 radical (unpaired) electrons. The summed E-state index contributed by atoms with van der Waals surface area (Å²) in [5.41, 5.74) is 13.7. The van der Waals surface area contributed by atoms with Crippen LogP contribution < -0.4 is 32.7 Å². The summed E-state index contributed by atoms with van der Waals surface area (Å²) in [5.74, 6) is -9.26. The van der Waals surface area contributed by atoms with E-state index in [9.17, 15) is 35.6 Å². The van der Waals surface area contributed by atoms with Gasteiger partial charge in [-0.05, 0) is 75.6 Å². The van der Waals surface area contributed by atoms with E-state index in [1.54, 1.807) is 42.5 Å². The van der Waals surface area contributed by atoms with E-state index in [2.05, 4.69) is 46.2 Å². The summed E-state index contributed by atoms with van der Waals surface area (Å²) < 4.78 is 82.5. The third kappa shape index (κ3) is 13.2. The van der Waals surface area contributed by atoms with Crippen LogP contribution in [0.2, 0.25) is 10.0 Å². The van der Waals surface area contributed by atoms with Crippen molar-refractivity contribution in [3.63, 3.8) is 0 Å². The van der Waals surface area contributed by atoms with Crippen LogP contribution in [0.25, 0.3) is 44.3 Å². The zero-order valence-corrected chi connectivity index (χ0v) is 41.4. The monoisotopic (exact) mass is 1100 g/mol. The summed E-state index contributed by atoms with van der Waals surface area (Å²) in [7, 11) is -3.91. The molecule has 2 saturated carbocycles. The number of anilines is 2. The van der Waals surface area contributed by atoms with E-state index in [4.69, 9.17) is 34.7 Å². The quantitative estimate of drug-likeness (QED) is 0.0504. The van der Waals surface area contributed by atoms with Crippen LogP contribution in [0.5, 0.6) is 0 Å². The maximum Gasteiger partial charge on any atom is 0.336 e. The Labute approximate surface area is 442 Å². The molecule has 9 N–H and O–H groups in total. The normalized spacial score (nSPS) is 17.8. The minimum atomic E-state index is -3.91. The molecule has 16 nitrogen and oxygen atoms in total. The third-order valence-corrected chi connectivity index (χ3v) is 14.7. The van der Waals surface area contributed by atoms with Crippen molar-refractivity contribution in [2.75, 3.05) is 23.7 Å². The average molecular weight is 1110 g/mol. The highest BCUT2D eigenvalue weighted by molar-refractivity contribution is 7.90. The lowest BCUT2D eigenvalue weighted by molar-refractivity contribution is -0.145. The first-order valence-corrected chi connectivity index (χ1v) is 25.0. The zero-order valence-electron chi connectivity index (χ0n) is 38.3. The fourth-order valence-corrected chi connectivity index (χ4v) is 10.6. The topological polar surface area (TPSA) is 241 Å². The van der Waals surface area contributed by atoms with E-state index in [-0.39, 0.29) is 61.3 Å². The Morgan fingerprint density at radius 3 is 1.66 bits per heavy atom. The minimum Gasteiger partial charge on any atom is -0.360 e. The number of carbonyl (C=O) groups excluding carboxylic acids is 2. The van der Waals surface area contributed by atoms with Gasteiger partial charge in [0, 0.05) is 64.0 Å². The van der Waals surface area contributed by atoms with E-state index >= 15 is 0 Å². The smallest absolute Gasteiger partial charge is 0.336 e. The summed E-state index contributed by atoms with van der Waals surface area (Å²) in [5, 5.41) is 13.6. The molecule has 24 heteroatoms. The summed E-state index contributed by atoms with van der Waals surface area (Å²) in [6.07, 6.45) is 11.4. The number of aromatic amines is 1. The second kappa shape index (κ2) is 25.0. The van der Waals surface area contributed by atoms with Gasteiger partial charge >= 0.3 is 11.8 Å². The van der Waals surface area contributed by atoms with Gasteiger partial charge in [-0.15, -0.1) is 12.4 Å². The second-order valence-corrected chi connectivity index (χ2v) is 20.0. The van der Waals surface area contributed by atoms with Crippen molar-refractivity contribution >= 4 is 91.1 Å². The predicted molar refractivity (Wildman–Crippen MR) is 286 cm³/mol. The number of para-hydroxylation sites is 2. The molecule has 0 aliphatic heterocycles. The zero-order chi connectivity index (χ0) is 50.5. The molecule has 0 spiro atoms. The Morgan fingerprint density at radius 2 is 1.14 bits per heavy atom. The highest BCUT2D eigenvalue weighted by Gasteiger charge is 2.40. The number of hydrogen-bond donors (Lipinski definition) is 7. The number of amides is 2. The number of fused-ring (bicyclic) bond motifs is 2. The average Bonchev–Trinajstić information content (AvgIpc) is 3.99. The number of hydrogen-bond acceptors (Lipinski definition) is 12. The van der Waals surface area contributed by atoms with Gasteiger partial charge in [0.05, 0.1) is 57.3 Å². The van der Waals surface area contributed by atoms with Gasteiger partial charge < -0.3 is 37.7 Å². The van der Waals surface area contributed by atoms with Gasteiger partial charge in [0.1, 0.15) is 0 Å². The molecule has 4 aromatic heterocycles. The van der Waals surface area contributed by atoms with Gasteiger partial charge in [0.25, 0.3) is 21.8 Å². The standard InChI is InChI=1S/C27H27ClF2N6O3S.C21H23ClF2N6O.2CH4.ClH/c28-22-14-32-26(34-18-8-6-7-17(13-18)33-25(37)27(29,30)16-31)35-24(22)21-15-36(23-12-5-4-11-20(21)23)40(38,39)19-9-2-1-3-10-19;22-16-10-27-20(30-18(16)15-9-26-17-7-2-1-6-14(15)17)29-13-5-3-4-12(8-13)28-19(31)21(23,24)11-25;;;/h1-5,9-12,14-15,17-18H,6-8,13,16,31H2,(H,33,37)(H,32,34,35);1-2,6-7,9-10,12-13,26H,3-5,8,11,25H2,(H,28,31)(H,27,29,30);2*1H4;1H/t17-,18+;12-,13+;;;/m00.../s1. The number of benzene rings is 3. The second-order valence-electron chi connectivity index (χ2n) is 17.4. The molecule has 4 heterocycles. The molecule has 2 fully saturated rings. The van der Waals surface area contributed by atoms with E-state index in [0.717, 1.165) is 35.7 Å².